The number of alkyl halides is 3. The summed E-state index contributed by atoms with van der Waals surface area (Å²) < 4.78 is 43.9. The zero-order valence-corrected chi connectivity index (χ0v) is 14.1. The van der Waals surface area contributed by atoms with E-state index in [0.29, 0.717) is 18.7 Å². The molecule has 2 aromatic carbocycles. The molecule has 2 rings (SSSR count). The van der Waals surface area contributed by atoms with Crippen LogP contribution >= 0.6 is 0 Å². The Morgan fingerprint density at radius 2 is 1.68 bits per heavy atom. The van der Waals surface area contributed by atoms with Crippen LogP contribution in [0.3, 0.4) is 0 Å². The van der Waals surface area contributed by atoms with E-state index in [0.717, 1.165) is 17.7 Å². The summed E-state index contributed by atoms with van der Waals surface area (Å²) in [6, 6.07) is 14.0. The average molecular weight is 351 g/mol. The van der Waals surface area contributed by atoms with Gasteiger partial charge in [-0.15, -0.1) is 0 Å². The highest BCUT2D eigenvalue weighted by atomic mass is 19.4. The molecule has 1 atom stereocenters. The number of hydrogen-bond donors (Lipinski definition) is 0. The molecule has 1 unspecified atom stereocenters. The molecule has 6 heteroatoms. The second kappa shape index (κ2) is 8.05. The fraction of sp³-hybridized carbons (Fsp3) is 0.316. The molecule has 0 aliphatic carbocycles. The highest BCUT2D eigenvalue weighted by molar-refractivity contribution is 5.72. The lowest BCUT2D eigenvalue weighted by atomic mass is 10.1. The van der Waals surface area contributed by atoms with E-state index in [1.807, 2.05) is 30.3 Å². The Labute approximate surface area is 145 Å². The van der Waals surface area contributed by atoms with Gasteiger partial charge in [-0.1, -0.05) is 30.3 Å². The van der Waals surface area contributed by atoms with Gasteiger partial charge >= 0.3 is 6.18 Å². The highest BCUT2D eigenvalue weighted by Gasteiger charge is 2.30. The molecule has 0 N–H and O–H groups in total. The molecule has 0 fully saturated rings. The van der Waals surface area contributed by atoms with E-state index in [2.05, 4.69) is 0 Å². The summed E-state index contributed by atoms with van der Waals surface area (Å²) in [5.41, 5.74) is 0.187. The quantitative estimate of drug-likeness (QED) is 0.755. The lowest BCUT2D eigenvalue weighted by Gasteiger charge is -2.23. The van der Waals surface area contributed by atoms with Crippen LogP contribution in [0.2, 0.25) is 0 Å². The molecule has 0 saturated heterocycles. The molecule has 2 aromatic rings. The largest absolute Gasteiger partial charge is 0.486 e. The zero-order chi connectivity index (χ0) is 18.4. The molecule has 0 radical (unpaired) electrons. The lowest BCUT2D eigenvalue weighted by Crippen LogP contribution is -2.27. The van der Waals surface area contributed by atoms with Crippen molar-refractivity contribution in [3.05, 3.63) is 65.7 Å². The minimum Gasteiger partial charge on any atom is -0.486 e. The van der Waals surface area contributed by atoms with Gasteiger partial charge in [0, 0.05) is 26.9 Å². The molecular weight excluding hydrogens is 331 g/mol. The van der Waals surface area contributed by atoms with Crippen LogP contribution in [0.5, 0.6) is 5.75 Å². The van der Waals surface area contributed by atoms with Crippen molar-refractivity contribution < 1.29 is 22.7 Å². The second-order valence-corrected chi connectivity index (χ2v) is 5.77. The molecule has 0 aliphatic heterocycles. The Morgan fingerprint density at radius 3 is 2.20 bits per heavy atom. The van der Waals surface area contributed by atoms with E-state index >= 15 is 0 Å². The van der Waals surface area contributed by atoms with Crippen LogP contribution in [0, 0.1) is 0 Å². The number of amides is 1. The van der Waals surface area contributed by atoms with Crippen LogP contribution in [0.4, 0.5) is 13.2 Å². The SMILES string of the molecule is CC(=O)N(C)CCC(Oc1ccc(C(F)(F)F)cc1)c1ccccc1. The summed E-state index contributed by atoms with van der Waals surface area (Å²) in [6.07, 6.45) is -4.21. The van der Waals surface area contributed by atoms with Crippen molar-refractivity contribution in [2.24, 2.45) is 0 Å². The Hall–Kier alpha value is -2.50. The van der Waals surface area contributed by atoms with Crippen LogP contribution in [-0.2, 0) is 11.0 Å². The van der Waals surface area contributed by atoms with Crippen LogP contribution in [0.15, 0.2) is 54.6 Å². The number of ether oxygens (including phenoxy) is 1. The van der Waals surface area contributed by atoms with E-state index in [1.165, 1.54) is 19.1 Å². The highest BCUT2D eigenvalue weighted by Crippen LogP contribution is 2.32. The van der Waals surface area contributed by atoms with Crippen LogP contribution in [-0.4, -0.2) is 24.4 Å². The number of rotatable bonds is 6. The molecule has 0 aromatic heterocycles. The van der Waals surface area contributed by atoms with Gasteiger partial charge in [0.1, 0.15) is 11.9 Å². The van der Waals surface area contributed by atoms with Gasteiger partial charge in [0.05, 0.1) is 5.56 Å². The second-order valence-electron chi connectivity index (χ2n) is 5.77. The molecule has 0 spiro atoms. The van der Waals surface area contributed by atoms with Crippen molar-refractivity contribution >= 4 is 5.91 Å². The number of carbonyl (C=O) groups is 1. The van der Waals surface area contributed by atoms with Gasteiger partial charge in [0.25, 0.3) is 0 Å². The van der Waals surface area contributed by atoms with Crippen molar-refractivity contribution in [2.45, 2.75) is 25.6 Å². The predicted molar refractivity (Wildman–Crippen MR) is 89.2 cm³/mol. The maximum absolute atomic E-state index is 12.7. The maximum atomic E-state index is 12.7. The lowest BCUT2D eigenvalue weighted by molar-refractivity contribution is -0.137. The Kier molecular flexibility index (Phi) is 6.07. The summed E-state index contributed by atoms with van der Waals surface area (Å²) in [4.78, 5) is 12.9. The van der Waals surface area contributed by atoms with Crippen LogP contribution in [0.25, 0.3) is 0 Å². The van der Waals surface area contributed by atoms with Gasteiger partial charge in [-0.2, -0.15) is 13.2 Å². The molecule has 134 valence electrons. The predicted octanol–water partition coefficient (Wildman–Crippen LogP) is 4.69. The molecular formula is C19H20F3NO2. The summed E-state index contributed by atoms with van der Waals surface area (Å²) in [7, 11) is 1.70. The third-order valence-corrected chi connectivity index (χ3v) is 3.90. The number of halogens is 3. The summed E-state index contributed by atoms with van der Waals surface area (Å²) >= 11 is 0. The van der Waals surface area contributed by atoms with Gasteiger partial charge in [0.15, 0.2) is 0 Å². The van der Waals surface area contributed by atoms with Crippen molar-refractivity contribution in [3.8, 4) is 5.75 Å². The topological polar surface area (TPSA) is 29.5 Å². The molecule has 0 bridgehead atoms. The normalized spacial score (nSPS) is 12.5. The summed E-state index contributed by atoms with van der Waals surface area (Å²) in [6.45, 7) is 1.96. The van der Waals surface area contributed by atoms with E-state index in [9.17, 15) is 18.0 Å². The van der Waals surface area contributed by atoms with Crippen LogP contribution < -0.4 is 4.74 Å². The van der Waals surface area contributed by atoms with Crippen molar-refractivity contribution in [3.63, 3.8) is 0 Å². The first-order chi connectivity index (χ1) is 11.8. The van der Waals surface area contributed by atoms with Gasteiger partial charge in [-0.25, -0.2) is 0 Å². The number of nitrogens with zero attached hydrogens (tertiary/aromatic N) is 1. The maximum Gasteiger partial charge on any atom is 0.416 e. The first kappa shape index (κ1) is 18.8. The van der Waals surface area contributed by atoms with Crippen molar-refractivity contribution in [1.29, 1.82) is 0 Å². The first-order valence-corrected chi connectivity index (χ1v) is 7.88. The third-order valence-electron chi connectivity index (χ3n) is 3.90. The van der Waals surface area contributed by atoms with Gasteiger partial charge in [-0.05, 0) is 29.8 Å². The molecule has 25 heavy (non-hydrogen) atoms. The first-order valence-electron chi connectivity index (χ1n) is 7.88. The van der Waals surface area contributed by atoms with Crippen molar-refractivity contribution in [2.75, 3.05) is 13.6 Å². The Balaban J connectivity index is 2.14. The molecule has 0 heterocycles. The molecule has 0 saturated carbocycles. The van der Waals surface area contributed by atoms with E-state index in [4.69, 9.17) is 4.74 Å². The molecule has 3 nitrogen and oxygen atoms in total. The van der Waals surface area contributed by atoms with E-state index in [1.54, 1.807) is 11.9 Å². The minimum absolute atomic E-state index is 0.0543. The Bertz CT molecular complexity index is 684. The Morgan fingerprint density at radius 1 is 1.08 bits per heavy atom. The minimum atomic E-state index is -4.37. The van der Waals surface area contributed by atoms with Gasteiger partial charge in [-0.3, -0.25) is 4.79 Å². The zero-order valence-electron chi connectivity index (χ0n) is 14.1. The average Bonchev–Trinajstić information content (AvgIpc) is 2.58. The summed E-state index contributed by atoms with van der Waals surface area (Å²) in [5, 5.41) is 0. The van der Waals surface area contributed by atoms with Crippen molar-refractivity contribution in [1.82, 2.24) is 4.90 Å². The fourth-order valence-electron chi connectivity index (χ4n) is 2.32. The van der Waals surface area contributed by atoms with Gasteiger partial charge in [0.2, 0.25) is 5.91 Å². The monoisotopic (exact) mass is 351 g/mol. The fourth-order valence-corrected chi connectivity index (χ4v) is 2.32. The van der Waals surface area contributed by atoms with Gasteiger partial charge < -0.3 is 9.64 Å². The summed E-state index contributed by atoms with van der Waals surface area (Å²) in [5.74, 6) is 0.300. The van der Waals surface area contributed by atoms with Crippen LogP contribution in [0.1, 0.15) is 30.6 Å². The number of carbonyl (C=O) groups excluding carboxylic acids is 1. The number of hydrogen-bond acceptors (Lipinski definition) is 2. The molecule has 1 amide bonds. The number of benzene rings is 2. The standard InChI is InChI=1S/C19H20F3NO2/c1-14(24)23(2)13-12-18(15-6-4-3-5-7-15)25-17-10-8-16(9-11-17)19(20,21)22/h3-11,18H,12-13H2,1-2H3. The van der Waals surface area contributed by atoms with E-state index in [-0.39, 0.29) is 12.0 Å². The van der Waals surface area contributed by atoms with E-state index < -0.39 is 11.7 Å². The smallest absolute Gasteiger partial charge is 0.416 e. The third kappa shape index (κ3) is 5.52. The molecule has 0 aliphatic rings.